The van der Waals surface area contributed by atoms with Crippen LogP contribution in [0.3, 0.4) is 0 Å². The maximum Gasteiger partial charge on any atom is 0.330 e. The summed E-state index contributed by atoms with van der Waals surface area (Å²) in [6.45, 7) is 2.78. The summed E-state index contributed by atoms with van der Waals surface area (Å²) in [5, 5.41) is 2.33. The van der Waals surface area contributed by atoms with Gasteiger partial charge in [-0.15, -0.1) is 0 Å². The summed E-state index contributed by atoms with van der Waals surface area (Å²) in [6, 6.07) is 0. The fourth-order valence-corrected chi connectivity index (χ4v) is 4.47. The Kier molecular flexibility index (Phi) is 8.91. The number of hydrogen-bond donors (Lipinski definition) is 0. The highest BCUT2D eigenvalue weighted by Gasteiger charge is 2.29. The molecule has 2 aliphatic rings. The number of unbranched alkanes of at least 4 members (excludes halogenated alkanes) is 1. The number of ether oxygens (including phenoxy) is 2. The molecule has 2 aliphatic heterocycles. The van der Waals surface area contributed by atoms with Crippen molar-refractivity contribution >= 4 is 25.0 Å². The van der Waals surface area contributed by atoms with Gasteiger partial charge in [0.15, 0.2) is 0 Å². The van der Waals surface area contributed by atoms with Crippen LogP contribution in [0.25, 0.3) is 0 Å². The van der Waals surface area contributed by atoms with E-state index in [9.17, 15) is 4.57 Å². The Balaban J connectivity index is 1.77. The Morgan fingerprint density at radius 2 is 1.70 bits per heavy atom. The Morgan fingerprint density at radius 3 is 2.17 bits per heavy atom. The molecule has 0 aromatic heterocycles. The van der Waals surface area contributed by atoms with Crippen molar-refractivity contribution in [3.63, 3.8) is 0 Å². The molecule has 2 unspecified atom stereocenters. The monoisotopic (exact) mass is 363 g/mol. The molecular formula is C15H26NO5PS. The molecule has 132 valence electrons. The van der Waals surface area contributed by atoms with Gasteiger partial charge in [-0.2, -0.15) is 0 Å². The molecular weight excluding hydrogens is 337 g/mol. The fraction of sp³-hybridized carbons (Fsp3) is 0.933. The van der Waals surface area contributed by atoms with Gasteiger partial charge in [0.2, 0.25) is 0 Å². The molecule has 6 nitrogen and oxygen atoms in total. The van der Waals surface area contributed by atoms with E-state index in [0.29, 0.717) is 25.9 Å². The lowest BCUT2D eigenvalue weighted by molar-refractivity contribution is 0.0414. The van der Waals surface area contributed by atoms with E-state index < -0.39 is 7.60 Å². The predicted molar refractivity (Wildman–Crippen MR) is 91.5 cm³/mol. The van der Waals surface area contributed by atoms with E-state index in [2.05, 4.69) is 22.4 Å². The average Bonchev–Trinajstić information content (AvgIpc) is 3.24. The smallest absolute Gasteiger partial charge is 0.330 e. The Hall–Kier alpha value is -0.130. The first-order valence-corrected chi connectivity index (χ1v) is 10.5. The third-order valence-electron chi connectivity index (χ3n) is 3.98. The van der Waals surface area contributed by atoms with Gasteiger partial charge in [-0.25, -0.2) is 4.99 Å². The summed E-state index contributed by atoms with van der Waals surface area (Å²) in [6.07, 6.45) is 5.94. The lowest BCUT2D eigenvalue weighted by Gasteiger charge is -2.21. The molecule has 0 aromatic carbocycles. The highest BCUT2D eigenvalue weighted by molar-refractivity contribution is 7.78. The highest BCUT2D eigenvalue weighted by atomic mass is 32.1. The SMILES string of the molecule is O=P(CCCCN=C=S)(OCC1CCCO1)OCC1CCCO1. The lowest BCUT2D eigenvalue weighted by Crippen LogP contribution is -2.18. The van der Waals surface area contributed by atoms with Crippen LogP contribution in [-0.2, 0) is 23.1 Å². The Morgan fingerprint density at radius 1 is 1.09 bits per heavy atom. The van der Waals surface area contributed by atoms with Crippen LogP contribution in [0.15, 0.2) is 4.99 Å². The maximum absolute atomic E-state index is 12.9. The van der Waals surface area contributed by atoms with E-state index in [-0.39, 0.29) is 12.2 Å². The lowest BCUT2D eigenvalue weighted by atomic mass is 10.2. The number of isothiocyanates is 1. The number of hydrogen-bond acceptors (Lipinski definition) is 7. The van der Waals surface area contributed by atoms with Crippen molar-refractivity contribution < 1.29 is 23.1 Å². The van der Waals surface area contributed by atoms with Gasteiger partial charge in [-0.1, -0.05) is 0 Å². The van der Waals surface area contributed by atoms with Crippen molar-refractivity contribution in [3.8, 4) is 0 Å². The second-order valence-corrected chi connectivity index (χ2v) is 8.24. The molecule has 0 radical (unpaired) electrons. The quantitative estimate of drug-likeness (QED) is 0.242. The van der Waals surface area contributed by atoms with Crippen molar-refractivity contribution in [2.75, 3.05) is 39.1 Å². The van der Waals surface area contributed by atoms with E-state index in [1.54, 1.807) is 0 Å². The largest absolute Gasteiger partial charge is 0.376 e. The summed E-state index contributed by atoms with van der Waals surface area (Å²) >= 11 is 4.53. The van der Waals surface area contributed by atoms with Crippen LogP contribution in [0.2, 0.25) is 0 Å². The highest BCUT2D eigenvalue weighted by Crippen LogP contribution is 2.49. The van der Waals surface area contributed by atoms with Gasteiger partial charge in [0.05, 0.1) is 36.7 Å². The summed E-state index contributed by atoms with van der Waals surface area (Å²) in [5.41, 5.74) is 0. The second kappa shape index (κ2) is 10.7. The van der Waals surface area contributed by atoms with E-state index in [0.717, 1.165) is 51.7 Å². The number of nitrogens with zero attached hydrogens (tertiary/aromatic N) is 1. The van der Waals surface area contributed by atoms with Crippen LogP contribution < -0.4 is 0 Å². The molecule has 0 bridgehead atoms. The molecule has 0 saturated carbocycles. The molecule has 23 heavy (non-hydrogen) atoms. The molecule has 0 amide bonds. The van der Waals surface area contributed by atoms with Gasteiger partial charge >= 0.3 is 7.60 Å². The molecule has 8 heteroatoms. The molecule has 0 aliphatic carbocycles. The average molecular weight is 363 g/mol. The maximum atomic E-state index is 12.9. The van der Waals surface area contributed by atoms with Crippen LogP contribution in [0.1, 0.15) is 38.5 Å². The van der Waals surface area contributed by atoms with E-state index >= 15 is 0 Å². The zero-order valence-corrected chi connectivity index (χ0v) is 15.2. The molecule has 2 atom stereocenters. The van der Waals surface area contributed by atoms with Gasteiger partial charge in [0.25, 0.3) is 0 Å². The van der Waals surface area contributed by atoms with Gasteiger partial charge in [0, 0.05) is 19.8 Å². The third kappa shape index (κ3) is 7.53. The Bertz CT molecular complexity index is 408. The predicted octanol–water partition coefficient (Wildman–Crippen LogP) is 3.45. The van der Waals surface area contributed by atoms with Crippen molar-refractivity contribution in [2.24, 2.45) is 4.99 Å². The topological polar surface area (TPSA) is 66.4 Å². The first-order chi connectivity index (χ1) is 11.2. The van der Waals surface area contributed by atoms with Crippen LogP contribution in [0.4, 0.5) is 0 Å². The van der Waals surface area contributed by atoms with E-state index in [1.165, 1.54) is 0 Å². The number of rotatable bonds is 11. The standard InChI is InChI=1S/C15H26NO5PS/c17-22(10-2-1-7-16-13-23,20-11-14-5-3-8-18-14)21-12-15-6-4-9-19-15/h14-15H,1-12H2. The number of thiocarbonyl (C=S) groups is 1. The van der Waals surface area contributed by atoms with Crippen molar-refractivity contribution in [3.05, 3.63) is 0 Å². The second-order valence-electron chi connectivity index (χ2n) is 5.88. The zero-order chi connectivity index (χ0) is 16.4. The first kappa shape index (κ1) is 19.2. The zero-order valence-electron chi connectivity index (χ0n) is 13.5. The molecule has 0 aromatic rings. The molecule has 2 saturated heterocycles. The van der Waals surface area contributed by atoms with Crippen LogP contribution in [-0.4, -0.2) is 56.5 Å². The summed E-state index contributed by atoms with van der Waals surface area (Å²) in [7, 11) is -3.12. The third-order valence-corrected chi connectivity index (χ3v) is 6.06. The summed E-state index contributed by atoms with van der Waals surface area (Å²) < 4.78 is 35.3. The molecule has 2 heterocycles. The van der Waals surface area contributed by atoms with E-state index in [4.69, 9.17) is 18.5 Å². The van der Waals surface area contributed by atoms with Crippen LogP contribution in [0.5, 0.6) is 0 Å². The normalized spacial score (nSPS) is 26.8. The molecule has 0 N–H and O–H groups in total. The minimum atomic E-state index is -3.12. The fourth-order valence-electron chi connectivity index (χ4n) is 2.65. The van der Waals surface area contributed by atoms with Crippen LogP contribution in [0, 0.1) is 0 Å². The number of aliphatic imine (C=N–C) groups is 1. The van der Waals surface area contributed by atoms with Gasteiger partial charge in [0.1, 0.15) is 0 Å². The van der Waals surface area contributed by atoms with Crippen LogP contribution >= 0.6 is 19.8 Å². The van der Waals surface area contributed by atoms with Crippen molar-refractivity contribution in [2.45, 2.75) is 50.7 Å². The Labute approximate surface area is 143 Å². The van der Waals surface area contributed by atoms with Crippen molar-refractivity contribution in [1.82, 2.24) is 0 Å². The van der Waals surface area contributed by atoms with Gasteiger partial charge < -0.3 is 18.5 Å². The molecule has 2 fully saturated rings. The molecule has 2 rings (SSSR count). The minimum absolute atomic E-state index is 0.0362. The summed E-state index contributed by atoms with van der Waals surface area (Å²) in [5.74, 6) is 0. The summed E-state index contributed by atoms with van der Waals surface area (Å²) in [4.78, 5) is 3.86. The van der Waals surface area contributed by atoms with E-state index in [1.807, 2.05) is 0 Å². The molecule has 0 spiro atoms. The van der Waals surface area contributed by atoms with Gasteiger partial charge in [-0.3, -0.25) is 4.57 Å². The minimum Gasteiger partial charge on any atom is -0.376 e. The van der Waals surface area contributed by atoms with Gasteiger partial charge in [-0.05, 0) is 50.7 Å². The van der Waals surface area contributed by atoms with Crippen molar-refractivity contribution in [1.29, 1.82) is 0 Å². The first-order valence-electron chi connectivity index (χ1n) is 8.37.